The van der Waals surface area contributed by atoms with Gasteiger partial charge in [0.05, 0.1) is 22.7 Å². The Kier molecular flexibility index (Phi) is 4.00. The minimum Gasteiger partial charge on any atom is -0.342 e. The number of hydrogen-bond donors (Lipinski definition) is 0. The highest BCUT2D eigenvalue weighted by atomic mass is 32.1. The molecule has 4 rings (SSSR count). The molecule has 24 heavy (non-hydrogen) atoms. The van der Waals surface area contributed by atoms with Gasteiger partial charge >= 0.3 is 0 Å². The molecule has 2 aliphatic rings. The van der Waals surface area contributed by atoms with E-state index < -0.39 is 0 Å². The molecular formula is C18H21N3O2S. The maximum atomic E-state index is 12.7. The zero-order valence-corrected chi connectivity index (χ0v) is 14.6. The smallest absolute Gasteiger partial charge is 0.228 e. The van der Waals surface area contributed by atoms with Crippen LogP contribution in [0.3, 0.4) is 0 Å². The Bertz CT molecular complexity index is 750. The Morgan fingerprint density at radius 2 is 2.17 bits per heavy atom. The van der Waals surface area contributed by atoms with Crippen LogP contribution in [-0.2, 0) is 16.1 Å². The quantitative estimate of drug-likeness (QED) is 0.838. The van der Waals surface area contributed by atoms with Gasteiger partial charge in [-0.05, 0) is 30.9 Å². The van der Waals surface area contributed by atoms with Gasteiger partial charge in [0.1, 0.15) is 5.01 Å². The van der Waals surface area contributed by atoms with Gasteiger partial charge in [-0.2, -0.15) is 0 Å². The monoisotopic (exact) mass is 343 g/mol. The lowest BCUT2D eigenvalue weighted by Gasteiger charge is -2.20. The number of carbonyl (C=O) groups excluding carboxylic acids is 2. The highest BCUT2D eigenvalue weighted by molar-refractivity contribution is 7.18. The lowest BCUT2D eigenvalue weighted by Crippen LogP contribution is -2.34. The minimum absolute atomic E-state index is 0.0564. The van der Waals surface area contributed by atoms with Crippen LogP contribution < -0.4 is 0 Å². The molecule has 2 fully saturated rings. The average Bonchev–Trinajstić information content (AvgIpc) is 3.17. The van der Waals surface area contributed by atoms with Crippen molar-refractivity contribution in [3.05, 3.63) is 29.3 Å². The predicted octanol–water partition coefficient (Wildman–Crippen LogP) is 2.51. The molecule has 1 aromatic carbocycles. The van der Waals surface area contributed by atoms with Crippen LogP contribution >= 0.6 is 11.3 Å². The van der Waals surface area contributed by atoms with Crippen molar-refractivity contribution in [3.63, 3.8) is 0 Å². The van der Waals surface area contributed by atoms with Crippen molar-refractivity contribution in [3.8, 4) is 0 Å². The van der Waals surface area contributed by atoms with Crippen LogP contribution in [0.5, 0.6) is 0 Å². The van der Waals surface area contributed by atoms with Crippen molar-refractivity contribution in [2.75, 3.05) is 20.1 Å². The zero-order chi connectivity index (χ0) is 16.7. The van der Waals surface area contributed by atoms with Gasteiger partial charge in [0.2, 0.25) is 11.8 Å². The lowest BCUT2D eigenvalue weighted by atomic mass is 10.1. The van der Waals surface area contributed by atoms with Crippen LogP contribution in [0, 0.1) is 11.8 Å². The number of fused-ring (bicyclic) bond motifs is 1. The van der Waals surface area contributed by atoms with Crippen molar-refractivity contribution in [2.45, 2.75) is 25.8 Å². The molecule has 1 aliphatic carbocycles. The van der Waals surface area contributed by atoms with Crippen LogP contribution in [-0.4, -0.2) is 46.7 Å². The number of nitrogens with zero attached hydrogens (tertiary/aromatic N) is 3. The van der Waals surface area contributed by atoms with E-state index in [1.54, 1.807) is 16.2 Å². The maximum absolute atomic E-state index is 12.7. The summed E-state index contributed by atoms with van der Waals surface area (Å²) in [5.41, 5.74) is 0.977. The van der Waals surface area contributed by atoms with Crippen molar-refractivity contribution >= 4 is 33.4 Å². The number of amides is 2. The van der Waals surface area contributed by atoms with Crippen LogP contribution in [0.1, 0.15) is 24.3 Å². The SMILES string of the molecule is CN(Cc1nc2ccccc2s1)C(=O)[C@@H]1CC(=O)N(CC2CC2)C1. The fourth-order valence-corrected chi connectivity index (χ4v) is 4.33. The summed E-state index contributed by atoms with van der Waals surface area (Å²) in [5.74, 6) is 0.661. The second-order valence-corrected chi connectivity index (χ2v) is 8.03. The molecular weight excluding hydrogens is 322 g/mol. The molecule has 6 heteroatoms. The fourth-order valence-electron chi connectivity index (χ4n) is 3.31. The van der Waals surface area contributed by atoms with Crippen molar-refractivity contribution in [1.82, 2.24) is 14.8 Å². The van der Waals surface area contributed by atoms with Gasteiger partial charge in [-0.3, -0.25) is 9.59 Å². The first-order valence-corrected chi connectivity index (χ1v) is 9.29. The average molecular weight is 343 g/mol. The predicted molar refractivity (Wildman–Crippen MR) is 93.5 cm³/mol. The van der Waals surface area contributed by atoms with Crippen LogP contribution in [0.4, 0.5) is 0 Å². The van der Waals surface area contributed by atoms with Crippen LogP contribution in [0.25, 0.3) is 10.2 Å². The highest BCUT2D eigenvalue weighted by Crippen LogP contribution is 2.32. The third-order valence-corrected chi connectivity index (χ3v) is 5.85. The Morgan fingerprint density at radius 1 is 1.38 bits per heavy atom. The first-order valence-electron chi connectivity index (χ1n) is 8.47. The van der Waals surface area contributed by atoms with E-state index in [1.165, 1.54) is 12.8 Å². The number of aromatic nitrogens is 1. The molecule has 2 amide bonds. The van der Waals surface area contributed by atoms with Gasteiger partial charge in [0.15, 0.2) is 0 Å². The summed E-state index contributed by atoms with van der Waals surface area (Å²) >= 11 is 1.62. The number of rotatable bonds is 5. The fraction of sp³-hybridized carbons (Fsp3) is 0.500. The van der Waals surface area contributed by atoms with E-state index in [4.69, 9.17) is 0 Å². The number of carbonyl (C=O) groups is 2. The topological polar surface area (TPSA) is 53.5 Å². The summed E-state index contributed by atoms with van der Waals surface area (Å²) < 4.78 is 1.14. The number of hydrogen-bond acceptors (Lipinski definition) is 4. The molecule has 1 aliphatic heterocycles. The van der Waals surface area contributed by atoms with Crippen molar-refractivity contribution in [1.29, 1.82) is 0 Å². The summed E-state index contributed by atoms with van der Waals surface area (Å²) in [6.45, 7) is 1.92. The summed E-state index contributed by atoms with van der Waals surface area (Å²) in [7, 11) is 1.81. The molecule has 1 aromatic heterocycles. The van der Waals surface area contributed by atoms with E-state index in [2.05, 4.69) is 4.98 Å². The van der Waals surface area contributed by atoms with Crippen LogP contribution in [0.2, 0.25) is 0 Å². The van der Waals surface area contributed by atoms with Crippen molar-refractivity contribution in [2.24, 2.45) is 11.8 Å². The molecule has 0 N–H and O–H groups in total. The van der Waals surface area contributed by atoms with Gasteiger partial charge in [0.25, 0.3) is 0 Å². The largest absolute Gasteiger partial charge is 0.342 e. The zero-order valence-electron chi connectivity index (χ0n) is 13.8. The second kappa shape index (κ2) is 6.16. The first kappa shape index (κ1) is 15.6. The van der Waals surface area contributed by atoms with Gasteiger partial charge in [-0.25, -0.2) is 4.98 Å². The molecule has 1 saturated carbocycles. The molecule has 5 nitrogen and oxygen atoms in total. The molecule has 0 spiro atoms. The van der Waals surface area contributed by atoms with Gasteiger partial charge in [-0.15, -0.1) is 11.3 Å². The number of likely N-dealkylation sites (tertiary alicyclic amines) is 1. The first-order chi connectivity index (χ1) is 11.6. The molecule has 2 heterocycles. The highest BCUT2D eigenvalue weighted by Gasteiger charge is 2.38. The van der Waals surface area contributed by atoms with Gasteiger partial charge < -0.3 is 9.80 Å². The number of para-hydroxylation sites is 1. The van der Waals surface area contributed by atoms with E-state index in [-0.39, 0.29) is 17.7 Å². The molecule has 1 saturated heterocycles. The standard InChI is InChI=1S/C18H21N3O2S/c1-20(11-16-19-14-4-2-3-5-15(14)24-16)18(23)13-8-17(22)21(10-13)9-12-6-7-12/h2-5,12-13H,6-11H2,1H3/t13-/m1/s1. The molecule has 0 unspecified atom stereocenters. The molecule has 0 radical (unpaired) electrons. The van der Waals surface area contributed by atoms with E-state index in [1.807, 2.05) is 36.2 Å². The number of thiazole rings is 1. The van der Waals surface area contributed by atoms with E-state index in [0.29, 0.717) is 25.4 Å². The summed E-state index contributed by atoms with van der Waals surface area (Å²) in [6, 6.07) is 8.00. The molecule has 1 atom stereocenters. The van der Waals surface area contributed by atoms with Gasteiger partial charge in [0, 0.05) is 26.6 Å². The van der Waals surface area contributed by atoms with E-state index >= 15 is 0 Å². The Morgan fingerprint density at radius 3 is 2.92 bits per heavy atom. The number of benzene rings is 1. The van der Waals surface area contributed by atoms with E-state index in [0.717, 1.165) is 21.8 Å². The Labute approximate surface area is 145 Å². The Balaban J connectivity index is 1.39. The summed E-state index contributed by atoms with van der Waals surface area (Å²) in [4.78, 5) is 33.0. The molecule has 126 valence electrons. The summed E-state index contributed by atoms with van der Waals surface area (Å²) in [6.07, 6.45) is 2.80. The minimum atomic E-state index is -0.198. The molecule has 0 bridgehead atoms. The Hall–Kier alpha value is -1.95. The second-order valence-electron chi connectivity index (χ2n) is 6.91. The maximum Gasteiger partial charge on any atom is 0.228 e. The molecule has 2 aromatic rings. The van der Waals surface area contributed by atoms with Crippen molar-refractivity contribution < 1.29 is 9.59 Å². The lowest BCUT2D eigenvalue weighted by molar-refractivity contribution is -0.135. The summed E-state index contributed by atoms with van der Waals surface area (Å²) in [5, 5.41) is 0.936. The normalized spacial score (nSPS) is 20.8. The van der Waals surface area contributed by atoms with Crippen LogP contribution in [0.15, 0.2) is 24.3 Å². The third kappa shape index (κ3) is 3.15. The van der Waals surface area contributed by atoms with Gasteiger partial charge in [-0.1, -0.05) is 12.1 Å². The third-order valence-electron chi connectivity index (χ3n) is 4.83. The van der Waals surface area contributed by atoms with E-state index in [9.17, 15) is 9.59 Å².